The molecule has 1 aromatic carbocycles. The summed E-state index contributed by atoms with van der Waals surface area (Å²) in [5.74, 6) is 0.180. The number of benzene rings is 1. The van der Waals surface area contributed by atoms with E-state index in [9.17, 15) is 4.79 Å². The summed E-state index contributed by atoms with van der Waals surface area (Å²) >= 11 is 12.5. The number of carbonyl (C=O) groups is 1. The van der Waals surface area contributed by atoms with Gasteiger partial charge in [0.25, 0.3) is 0 Å². The van der Waals surface area contributed by atoms with Crippen LogP contribution in [0, 0.1) is 0 Å². The third kappa shape index (κ3) is 2.85. The smallest absolute Gasteiger partial charge is 0.241 e. The first kappa shape index (κ1) is 16.1. The molecule has 0 aliphatic carbocycles. The third-order valence-corrected chi connectivity index (χ3v) is 5.30. The number of nitrogens with zero attached hydrogens (tertiary/aromatic N) is 2. The zero-order valence-electron chi connectivity index (χ0n) is 12.9. The fourth-order valence-corrected chi connectivity index (χ4v) is 4.17. The molecule has 3 rings (SSSR count). The Kier molecular flexibility index (Phi) is 4.64. The number of amides is 1. The Labute approximate surface area is 141 Å². The SMILES string of the molecule is C[C@H]1c2c(Cl)cc(Cl)cc2CCN1C(=O)C1CNCCN1C. The molecule has 2 aliphatic heterocycles. The van der Waals surface area contributed by atoms with E-state index in [0.717, 1.165) is 30.6 Å². The highest BCUT2D eigenvalue weighted by atomic mass is 35.5. The lowest BCUT2D eigenvalue weighted by Gasteiger charge is -2.41. The number of halogens is 2. The maximum atomic E-state index is 12.9. The molecule has 0 saturated carbocycles. The van der Waals surface area contributed by atoms with Gasteiger partial charge in [-0.3, -0.25) is 9.69 Å². The van der Waals surface area contributed by atoms with Crippen LogP contribution in [0.1, 0.15) is 24.1 Å². The molecule has 0 spiro atoms. The molecule has 0 bridgehead atoms. The van der Waals surface area contributed by atoms with Gasteiger partial charge in [-0.15, -0.1) is 0 Å². The Morgan fingerprint density at radius 2 is 2.09 bits per heavy atom. The summed E-state index contributed by atoms with van der Waals surface area (Å²) in [6.45, 7) is 5.30. The highest BCUT2D eigenvalue weighted by molar-refractivity contribution is 6.35. The zero-order valence-corrected chi connectivity index (χ0v) is 14.4. The molecule has 4 nitrogen and oxygen atoms in total. The molecular weight excluding hydrogens is 321 g/mol. The van der Waals surface area contributed by atoms with E-state index in [1.54, 1.807) is 6.07 Å². The molecule has 1 unspecified atom stereocenters. The Balaban J connectivity index is 1.86. The number of carbonyl (C=O) groups excluding carboxylic acids is 1. The van der Waals surface area contributed by atoms with E-state index in [1.165, 1.54) is 0 Å². The number of hydrogen-bond acceptors (Lipinski definition) is 3. The topological polar surface area (TPSA) is 35.6 Å². The van der Waals surface area contributed by atoms with Crippen LogP contribution in [0.3, 0.4) is 0 Å². The number of piperazine rings is 1. The number of hydrogen-bond donors (Lipinski definition) is 1. The summed E-state index contributed by atoms with van der Waals surface area (Å²) in [6, 6.07) is 3.62. The van der Waals surface area contributed by atoms with Crippen LogP contribution in [0.4, 0.5) is 0 Å². The molecular formula is C16H21Cl2N3O. The van der Waals surface area contributed by atoms with Crippen LogP contribution in [0.5, 0.6) is 0 Å². The first-order valence-electron chi connectivity index (χ1n) is 7.68. The normalized spacial score (nSPS) is 25.9. The van der Waals surface area contributed by atoms with Gasteiger partial charge in [0, 0.05) is 36.2 Å². The minimum absolute atomic E-state index is 0.0173. The highest BCUT2D eigenvalue weighted by Crippen LogP contribution is 2.37. The van der Waals surface area contributed by atoms with Gasteiger partial charge in [-0.1, -0.05) is 23.2 Å². The van der Waals surface area contributed by atoms with Gasteiger partial charge >= 0.3 is 0 Å². The maximum Gasteiger partial charge on any atom is 0.241 e. The van der Waals surface area contributed by atoms with Crippen molar-refractivity contribution in [1.29, 1.82) is 0 Å². The monoisotopic (exact) mass is 341 g/mol. The van der Waals surface area contributed by atoms with Crippen molar-refractivity contribution in [2.24, 2.45) is 0 Å². The summed E-state index contributed by atoms with van der Waals surface area (Å²) in [6.07, 6.45) is 0.801. The van der Waals surface area contributed by atoms with Gasteiger partial charge in [-0.05, 0) is 43.7 Å². The number of fused-ring (bicyclic) bond motifs is 1. The van der Waals surface area contributed by atoms with E-state index in [2.05, 4.69) is 10.2 Å². The first-order valence-corrected chi connectivity index (χ1v) is 8.44. The minimum Gasteiger partial charge on any atom is -0.334 e. The van der Waals surface area contributed by atoms with Gasteiger partial charge in [0.2, 0.25) is 5.91 Å². The molecule has 0 radical (unpaired) electrons. The van der Waals surface area contributed by atoms with E-state index < -0.39 is 0 Å². The molecule has 1 aromatic rings. The molecule has 1 fully saturated rings. The molecule has 22 heavy (non-hydrogen) atoms. The summed E-state index contributed by atoms with van der Waals surface area (Å²) in [4.78, 5) is 17.0. The van der Waals surface area contributed by atoms with Crippen LogP contribution in [0.2, 0.25) is 10.0 Å². The minimum atomic E-state index is -0.0937. The van der Waals surface area contributed by atoms with Gasteiger partial charge in [-0.25, -0.2) is 0 Å². The molecule has 120 valence electrons. The average molecular weight is 342 g/mol. The Morgan fingerprint density at radius 1 is 1.32 bits per heavy atom. The van der Waals surface area contributed by atoms with Crippen molar-refractivity contribution in [1.82, 2.24) is 15.1 Å². The van der Waals surface area contributed by atoms with Crippen molar-refractivity contribution < 1.29 is 4.79 Å². The lowest BCUT2D eigenvalue weighted by molar-refractivity contribution is -0.139. The van der Waals surface area contributed by atoms with Crippen LogP contribution < -0.4 is 5.32 Å². The quantitative estimate of drug-likeness (QED) is 0.851. The van der Waals surface area contributed by atoms with Gasteiger partial charge < -0.3 is 10.2 Å². The lowest BCUT2D eigenvalue weighted by atomic mass is 9.92. The van der Waals surface area contributed by atoms with Crippen molar-refractivity contribution >= 4 is 29.1 Å². The maximum absolute atomic E-state index is 12.9. The first-order chi connectivity index (χ1) is 10.5. The van der Waals surface area contributed by atoms with Crippen molar-refractivity contribution in [2.75, 3.05) is 33.2 Å². The number of rotatable bonds is 1. The second-order valence-corrected chi connectivity index (χ2v) is 6.96. The van der Waals surface area contributed by atoms with Crippen molar-refractivity contribution in [3.8, 4) is 0 Å². The second-order valence-electron chi connectivity index (χ2n) is 6.12. The molecule has 2 atom stereocenters. The largest absolute Gasteiger partial charge is 0.334 e. The molecule has 1 saturated heterocycles. The predicted octanol–water partition coefficient (Wildman–Crippen LogP) is 2.34. The number of nitrogens with one attached hydrogen (secondary N) is 1. The van der Waals surface area contributed by atoms with Crippen LogP contribution in [0.15, 0.2) is 12.1 Å². The second kappa shape index (κ2) is 6.36. The van der Waals surface area contributed by atoms with E-state index in [-0.39, 0.29) is 18.0 Å². The molecule has 2 heterocycles. The van der Waals surface area contributed by atoms with Gasteiger partial charge in [0.15, 0.2) is 0 Å². The standard InChI is InChI=1S/C16H21Cl2N3O/c1-10-15-11(7-12(17)8-13(15)18)3-5-21(10)16(22)14-9-19-4-6-20(14)2/h7-8,10,14,19H,3-6,9H2,1-2H3/t10-,14?/m0/s1. The molecule has 1 N–H and O–H groups in total. The van der Waals surface area contributed by atoms with Crippen LogP contribution in [0.25, 0.3) is 0 Å². The average Bonchev–Trinajstić information content (AvgIpc) is 2.46. The highest BCUT2D eigenvalue weighted by Gasteiger charge is 2.35. The predicted molar refractivity (Wildman–Crippen MR) is 89.6 cm³/mol. The van der Waals surface area contributed by atoms with E-state index in [0.29, 0.717) is 23.1 Å². The summed E-state index contributed by atoms with van der Waals surface area (Å²) in [7, 11) is 2.01. The van der Waals surface area contributed by atoms with Crippen molar-refractivity contribution in [3.05, 3.63) is 33.3 Å². The van der Waals surface area contributed by atoms with Crippen molar-refractivity contribution in [3.63, 3.8) is 0 Å². The molecule has 2 aliphatic rings. The Morgan fingerprint density at radius 3 is 2.82 bits per heavy atom. The summed E-state index contributed by atoms with van der Waals surface area (Å²) in [5.41, 5.74) is 2.20. The molecule has 0 aromatic heterocycles. The number of likely N-dealkylation sites (N-methyl/N-ethyl adjacent to an activating group) is 1. The Bertz CT molecular complexity index is 593. The van der Waals surface area contributed by atoms with E-state index >= 15 is 0 Å². The van der Waals surface area contributed by atoms with Crippen LogP contribution in [-0.2, 0) is 11.2 Å². The van der Waals surface area contributed by atoms with Gasteiger partial charge in [-0.2, -0.15) is 0 Å². The lowest BCUT2D eigenvalue weighted by Crippen LogP contribution is -2.58. The Hall–Kier alpha value is -0.810. The fourth-order valence-electron chi connectivity index (χ4n) is 3.48. The summed E-state index contributed by atoms with van der Waals surface area (Å²) in [5, 5.41) is 4.62. The summed E-state index contributed by atoms with van der Waals surface area (Å²) < 4.78 is 0. The van der Waals surface area contributed by atoms with E-state index in [1.807, 2.05) is 24.9 Å². The zero-order chi connectivity index (χ0) is 15.9. The van der Waals surface area contributed by atoms with Gasteiger partial charge in [0.05, 0.1) is 6.04 Å². The van der Waals surface area contributed by atoms with Crippen LogP contribution >= 0.6 is 23.2 Å². The molecule has 1 amide bonds. The van der Waals surface area contributed by atoms with Crippen LogP contribution in [-0.4, -0.2) is 55.0 Å². The molecule has 6 heteroatoms. The van der Waals surface area contributed by atoms with Crippen molar-refractivity contribution in [2.45, 2.75) is 25.4 Å². The van der Waals surface area contributed by atoms with E-state index in [4.69, 9.17) is 23.2 Å². The fraction of sp³-hybridized carbons (Fsp3) is 0.562. The third-order valence-electron chi connectivity index (χ3n) is 4.77. The van der Waals surface area contributed by atoms with Gasteiger partial charge in [0.1, 0.15) is 6.04 Å².